The molecular weight excluding hydrogens is 498 g/mol. The van der Waals surface area contributed by atoms with Crippen LogP contribution in [0.25, 0.3) is 0 Å². The van der Waals surface area contributed by atoms with Gasteiger partial charge in [-0.25, -0.2) is 4.79 Å². The summed E-state index contributed by atoms with van der Waals surface area (Å²) in [4.78, 5) is 52.4. The summed E-state index contributed by atoms with van der Waals surface area (Å²) in [6, 6.07) is -0.685. The van der Waals surface area contributed by atoms with E-state index >= 15 is 0 Å². The number of hydrogen-bond acceptors (Lipinski definition) is 5. The van der Waals surface area contributed by atoms with Crippen LogP contribution in [0.1, 0.15) is 89.2 Å². The van der Waals surface area contributed by atoms with Gasteiger partial charge in [-0.05, 0) is 66.8 Å². The number of carboxylic acids is 1. The molecule has 0 spiro atoms. The Morgan fingerprint density at radius 3 is 1.69 bits per heavy atom. The number of rotatable bonds is 6. The van der Waals surface area contributed by atoms with E-state index < -0.39 is 34.0 Å². The topological polar surface area (TPSA) is 131 Å². The maximum Gasteiger partial charge on any atom is 0.318 e. The van der Waals surface area contributed by atoms with Gasteiger partial charge in [-0.2, -0.15) is 0 Å². The lowest BCUT2D eigenvalue weighted by Crippen LogP contribution is -2.65. The fourth-order valence-corrected chi connectivity index (χ4v) is 4.78. The highest BCUT2D eigenvalue weighted by atomic mass is 16.4. The van der Waals surface area contributed by atoms with E-state index in [0.717, 1.165) is 6.92 Å². The van der Waals surface area contributed by atoms with Crippen molar-refractivity contribution in [1.82, 2.24) is 25.8 Å². The van der Waals surface area contributed by atoms with Crippen LogP contribution in [0.5, 0.6) is 0 Å². The van der Waals surface area contributed by atoms with Crippen molar-refractivity contribution >= 4 is 23.8 Å². The Balaban J connectivity index is -0.000000248. The Labute approximate surface area is 243 Å². The molecule has 234 valence electrons. The van der Waals surface area contributed by atoms with Crippen LogP contribution >= 0.6 is 0 Å². The number of carbonyl (C=O) groups is 4. The van der Waals surface area contributed by atoms with E-state index in [9.17, 15) is 14.4 Å². The SMILES string of the molecule is C=CC=C.CC(=O)O.CNC(C)(C)C(=O)N[C@H](C(=O)N1CC[C@@]2(C)N(C(=O)NC(C)C)CCC12C)C(C)(C)C.[HH].[HH].[HH].[HH].[HH]. The van der Waals surface area contributed by atoms with Crippen LogP contribution in [-0.2, 0) is 14.4 Å². The first kappa shape index (κ1) is 36.1. The fraction of sp³-hybridized carbons (Fsp3) is 0.724. The number of fused-ring (bicyclic) bond motifs is 1. The number of carbonyl (C=O) groups excluding carboxylic acids is 3. The molecule has 0 aromatic heterocycles. The molecule has 0 aromatic carbocycles. The number of carboxylic acid groups (broad SMARTS) is 1. The summed E-state index contributed by atoms with van der Waals surface area (Å²) in [7, 11) is 1.73. The van der Waals surface area contributed by atoms with Crippen LogP contribution in [0.2, 0.25) is 0 Å². The molecule has 10 heteroatoms. The first-order chi connectivity index (χ1) is 17.7. The van der Waals surface area contributed by atoms with E-state index in [2.05, 4.69) is 43.0 Å². The number of nitrogens with one attached hydrogen (secondary N) is 3. The summed E-state index contributed by atoms with van der Waals surface area (Å²) < 4.78 is 0. The third kappa shape index (κ3) is 8.81. The van der Waals surface area contributed by atoms with Crippen molar-refractivity contribution in [1.29, 1.82) is 0 Å². The largest absolute Gasteiger partial charge is 0.481 e. The highest BCUT2D eigenvalue weighted by molar-refractivity contribution is 5.92. The second kappa shape index (κ2) is 14.0. The standard InChI is InChI=1S/C23H43N5O3.C4H6.C2H4O2.5H2/c1-15(2)25-19(31)28-14-12-22(8)23(28,9)11-13-27(22)17(29)16(20(3,4)5)26-18(30)21(6,7)24-10;1-3-4-2;1-2(3)4;;;;;/h15-16,24H,11-14H2,1-10H3,(H,25,31)(H,26,30);3-4H,1-2H2;1H3,(H,3,4);5*1H/t16-,22?,23-;;;;;;;/m1......./s1. The minimum absolute atomic E-state index is 0. The molecule has 0 bridgehead atoms. The van der Waals surface area contributed by atoms with E-state index in [4.69, 9.17) is 9.90 Å². The smallest absolute Gasteiger partial charge is 0.318 e. The molecule has 2 rings (SSSR count). The van der Waals surface area contributed by atoms with Crippen molar-refractivity contribution in [3.8, 4) is 0 Å². The molecule has 0 aliphatic carbocycles. The van der Waals surface area contributed by atoms with Crippen molar-refractivity contribution < 1.29 is 31.4 Å². The highest BCUT2D eigenvalue weighted by Crippen LogP contribution is 2.50. The Hall–Kier alpha value is -2.88. The lowest BCUT2D eigenvalue weighted by molar-refractivity contribution is -0.144. The van der Waals surface area contributed by atoms with Gasteiger partial charge >= 0.3 is 6.03 Å². The molecular formula is C29H63N5O5. The number of hydrogen-bond donors (Lipinski definition) is 4. The van der Waals surface area contributed by atoms with Crippen molar-refractivity contribution in [2.24, 2.45) is 5.41 Å². The van der Waals surface area contributed by atoms with Crippen LogP contribution < -0.4 is 16.0 Å². The van der Waals surface area contributed by atoms with Gasteiger partial charge in [-0.3, -0.25) is 14.4 Å². The maximum atomic E-state index is 13.9. The van der Waals surface area contributed by atoms with Gasteiger partial charge in [0.05, 0.1) is 16.6 Å². The Kier molecular flexibility index (Phi) is 12.9. The average Bonchev–Trinajstić information content (AvgIpc) is 3.21. The maximum absolute atomic E-state index is 13.9. The number of allylic oxidation sites excluding steroid dienone is 2. The summed E-state index contributed by atoms with van der Waals surface area (Å²) >= 11 is 0. The van der Waals surface area contributed by atoms with E-state index in [1.807, 2.05) is 44.4 Å². The predicted molar refractivity (Wildman–Crippen MR) is 167 cm³/mol. The molecule has 0 saturated carbocycles. The zero-order valence-corrected chi connectivity index (χ0v) is 26.0. The number of nitrogens with zero attached hydrogens (tertiary/aromatic N) is 2. The second-order valence-corrected chi connectivity index (χ2v) is 12.4. The van der Waals surface area contributed by atoms with Crippen molar-refractivity contribution in [3.05, 3.63) is 25.3 Å². The quantitative estimate of drug-likeness (QED) is 0.346. The number of amides is 4. The van der Waals surface area contributed by atoms with Gasteiger partial charge in [0.25, 0.3) is 5.97 Å². The molecule has 1 unspecified atom stereocenters. The van der Waals surface area contributed by atoms with E-state index in [-0.39, 0.29) is 31.0 Å². The molecule has 0 radical (unpaired) electrons. The van der Waals surface area contributed by atoms with Gasteiger partial charge in [-0.15, -0.1) is 0 Å². The lowest BCUT2D eigenvalue weighted by atomic mass is 9.79. The number of likely N-dealkylation sites (tertiary alicyclic amines) is 2. The third-order valence-electron chi connectivity index (χ3n) is 7.67. The van der Waals surface area contributed by atoms with E-state index in [1.54, 1.807) is 33.0 Å². The number of aliphatic carboxylic acids is 1. The summed E-state index contributed by atoms with van der Waals surface area (Å²) in [5, 5.41) is 16.4. The van der Waals surface area contributed by atoms with Gasteiger partial charge in [0.1, 0.15) is 6.04 Å². The Morgan fingerprint density at radius 1 is 0.923 bits per heavy atom. The molecule has 3 atom stereocenters. The first-order valence-electron chi connectivity index (χ1n) is 13.5. The normalized spacial score (nSPS) is 22.9. The van der Waals surface area contributed by atoms with Crippen LogP contribution in [0.3, 0.4) is 0 Å². The number of likely N-dealkylation sites (N-methyl/N-ethyl adjacent to an activating group) is 1. The molecule has 2 fully saturated rings. The molecule has 2 aliphatic heterocycles. The molecule has 2 heterocycles. The van der Waals surface area contributed by atoms with Crippen LogP contribution in [0, 0.1) is 5.41 Å². The molecule has 2 aliphatic rings. The lowest BCUT2D eigenvalue weighted by Gasteiger charge is -2.45. The summed E-state index contributed by atoms with van der Waals surface area (Å²) in [6.45, 7) is 26.5. The Bertz CT molecular complexity index is 923. The molecule has 4 amide bonds. The zero-order valence-electron chi connectivity index (χ0n) is 26.0. The van der Waals surface area contributed by atoms with Crippen molar-refractivity contribution in [3.63, 3.8) is 0 Å². The second-order valence-electron chi connectivity index (χ2n) is 12.4. The van der Waals surface area contributed by atoms with Crippen LogP contribution in [0.15, 0.2) is 25.3 Å². The molecule has 39 heavy (non-hydrogen) atoms. The fourth-order valence-electron chi connectivity index (χ4n) is 4.78. The van der Waals surface area contributed by atoms with Crippen molar-refractivity contribution in [2.45, 2.75) is 111 Å². The van der Waals surface area contributed by atoms with E-state index in [0.29, 0.717) is 25.9 Å². The molecule has 4 N–H and O–H groups in total. The molecule has 2 saturated heterocycles. The third-order valence-corrected chi connectivity index (χ3v) is 7.67. The summed E-state index contributed by atoms with van der Waals surface area (Å²) in [5.41, 5.74) is -2.17. The van der Waals surface area contributed by atoms with Crippen LogP contribution in [0.4, 0.5) is 4.79 Å². The molecule has 10 nitrogen and oxygen atoms in total. The Morgan fingerprint density at radius 2 is 1.33 bits per heavy atom. The van der Waals surface area contributed by atoms with E-state index in [1.165, 1.54) is 0 Å². The van der Waals surface area contributed by atoms with Gasteiger partial charge < -0.3 is 30.9 Å². The van der Waals surface area contributed by atoms with Gasteiger partial charge in [0.15, 0.2) is 0 Å². The monoisotopic (exact) mass is 561 g/mol. The minimum Gasteiger partial charge on any atom is -0.481 e. The van der Waals surface area contributed by atoms with Gasteiger partial charge in [0, 0.05) is 33.2 Å². The van der Waals surface area contributed by atoms with Gasteiger partial charge in [-0.1, -0.05) is 46.1 Å². The first-order valence-corrected chi connectivity index (χ1v) is 13.5. The average molecular weight is 562 g/mol. The summed E-state index contributed by atoms with van der Waals surface area (Å²) in [5.74, 6) is -1.12. The molecule has 0 aromatic rings. The van der Waals surface area contributed by atoms with Crippen molar-refractivity contribution in [2.75, 3.05) is 20.1 Å². The predicted octanol–water partition coefficient (Wildman–Crippen LogP) is 4.77. The minimum atomic E-state index is -0.833. The summed E-state index contributed by atoms with van der Waals surface area (Å²) in [6.07, 6.45) is 4.71. The zero-order chi connectivity index (χ0) is 31.0. The van der Waals surface area contributed by atoms with Crippen LogP contribution in [-0.4, -0.2) is 87.6 Å². The number of urea groups is 1. The van der Waals surface area contributed by atoms with Gasteiger partial charge in [0.2, 0.25) is 11.8 Å². The highest BCUT2D eigenvalue weighted by Gasteiger charge is 2.63.